The van der Waals surface area contributed by atoms with Gasteiger partial charge in [0.25, 0.3) is 5.91 Å². The lowest BCUT2D eigenvalue weighted by Gasteiger charge is -2.32. The van der Waals surface area contributed by atoms with Crippen LogP contribution in [0.25, 0.3) is 0 Å². The van der Waals surface area contributed by atoms with Crippen LogP contribution in [0.1, 0.15) is 10.4 Å². The minimum Gasteiger partial charge on any atom is -0.495 e. The monoisotopic (exact) mass is 264 g/mol. The van der Waals surface area contributed by atoms with Crippen molar-refractivity contribution in [2.75, 3.05) is 46.1 Å². The number of hydrogen-bond donors (Lipinski definition) is 2. The molecular weight excluding hydrogens is 244 g/mol. The largest absolute Gasteiger partial charge is 0.495 e. The Morgan fingerprint density at radius 2 is 2.00 bits per heavy atom. The third-order valence-corrected chi connectivity index (χ3v) is 3.25. The normalized spacial score (nSPS) is 17.2. The molecule has 0 saturated carbocycles. The molecule has 1 amide bonds. The maximum atomic E-state index is 12.1. The van der Waals surface area contributed by atoms with Gasteiger partial charge in [0.05, 0.1) is 12.8 Å². The number of carbonyl (C=O) groups is 1. The number of nitrogen functional groups attached to an aromatic ring is 1. The fraction of sp³-hybridized carbons (Fsp3) is 0.462. The Labute approximate surface area is 113 Å². The molecule has 1 fully saturated rings. The molecule has 1 aromatic carbocycles. The molecule has 1 aromatic rings. The molecule has 6 heteroatoms. The van der Waals surface area contributed by atoms with Crippen molar-refractivity contribution in [3.05, 3.63) is 23.8 Å². The number of amides is 1. The minimum absolute atomic E-state index is 0.140. The first-order chi connectivity index (χ1) is 9.10. The molecule has 104 valence electrons. The quantitative estimate of drug-likeness (QED) is 0.762. The Hall–Kier alpha value is -1.79. The second-order valence-electron chi connectivity index (χ2n) is 4.69. The van der Waals surface area contributed by atoms with Crippen LogP contribution in [0.15, 0.2) is 18.2 Å². The predicted octanol–water partition coefficient (Wildman–Crippen LogP) is 0.170. The second kappa shape index (κ2) is 5.90. The van der Waals surface area contributed by atoms with Crippen molar-refractivity contribution < 1.29 is 9.53 Å². The van der Waals surface area contributed by atoms with Gasteiger partial charge < -0.3 is 15.4 Å². The average molecular weight is 264 g/mol. The zero-order valence-electron chi connectivity index (χ0n) is 11.3. The van der Waals surface area contributed by atoms with Gasteiger partial charge in [-0.25, -0.2) is 5.01 Å². The lowest BCUT2D eigenvalue weighted by atomic mass is 10.2. The highest BCUT2D eigenvalue weighted by atomic mass is 16.5. The lowest BCUT2D eigenvalue weighted by molar-refractivity contribution is 0.0662. The first-order valence-corrected chi connectivity index (χ1v) is 6.28. The van der Waals surface area contributed by atoms with Crippen molar-refractivity contribution in [1.82, 2.24) is 15.3 Å². The zero-order chi connectivity index (χ0) is 13.8. The van der Waals surface area contributed by atoms with Crippen molar-refractivity contribution in [3.8, 4) is 5.75 Å². The van der Waals surface area contributed by atoms with Crippen LogP contribution in [0, 0.1) is 0 Å². The van der Waals surface area contributed by atoms with Crippen LogP contribution in [0.5, 0.6) is 5.75 Å². The number of nitrogens with two attached hydrogens (primary N) is 1. The number of rotatable bonds is 3. The van der Waals surface area contributed by atoms with Gasteiger partial charge in [-0.15, -0.1) is 0 Å². The number of ether oxygens (including phenoxy) is 1. The van der Waals surface area contributed by atoms with E-state index in [1.54, 1.807) is 25.3 Å². The summed E-state index contributed by atoms with van der Waals surface area (Å²) >= 11 is 0. The Bertz CT molecular complexity index is 456. The standard InChI is InChI=1S/C13H20N4O2/c1-16-5-7-17(8-6-16)15-13(18)10-3-4-12(19-2)11(14)9-10/h3-4,9H,5-8,14H2,1-2H3,(H,15,18). The van der Waals surface area contributed by atoms with Gasteiger partial charge in [-0.3, -0.25) is 10.2 Å². The molecule has 0 bridgehead atoms. The highest BCUT2D eigenvalue weighted by Gasteiger charge is 2.17. The SMILES string of the molecule is COc1ccc(C(=O)NN2CCN(C)CC2)cc1N. The highest BCUT2D eigenvalue weighted by molar-refractivity contribution is 5.95. The summed E-state index contributed by atoms with van der Waals surface area (Å²) in [6.45, 7) is 3.55. The van der Waals surface area contributed by atoms with E-state index >= 15 is 0 Å². The number of nitrogens with one attached hydrogen (secondary N) is 1. The van der Waals surface area contributed by atoms with Gasteiger partial charge in [0, 0.05) is 31.7 Å². The van der Waals surface area contributed by atoms with Crippen molar-refractivity contribution in [3.63, 3.8) is 0 Å². The third-order valence-electron chi connectivity index (χ3n) is 3.25. The topological polar surface area (TPSA) is 70.8 Å². The first-order valence-electron chi connectivity index (χ1n) is 6.28. The van der Waals surface area contributed by atoms with Crippen LogP contribution in [0.3, 0.4) is 0 Å². The van der Waals surface area contributed by atoms with Crippen LogP contribution >= 0.6 is 0 Å². The van der Waals surface area contributed by atoms with E-state index in [-0.39, 0.29) is 5.91 Å². The van der Waals surface area contributed by atoms with Gasteiger partial charge in [-0.1, -0.05) is 0 Å². The maximum Gasteiger partial charge on any atom is 0.265 e. The summed E-state index contributed by atoms with van der Waals surface area (Å²) in [6, 6.07) is 5.04. The number of likely N-dealkylation sites (N-methyl/N-ethyl adjacent to an activating group) is 1. The van der Waals surface area contributed by atoms with Crippen molar-refractivity contribution >= 4 is 11.6 Å². The van der Waals surface area contributed by atoms with E-state index < -0.39 is 0 Å². The lowest BCUT2D eigenvalue weighted by Crippen LogP contribution is -2.52. The van der Waals surface area contributed by atoms with Crippen molar-refractivity contribution in [2.24, 2.45) is 0 Å². The Kier molecular flexibility index (Phi) is 4.24. The van der Waals surface area contributed by atoms with Gasteiger partial charge in [0.1, 0.15) is 5.75 Å². The van der Waals surface area contributed by atoms with E-state index in [1.165, 1.54) is 0 Å². The van der Waals surface area contributed by atoms with Crippen LogP contribution in [0.2, 0.25) is 0 Å². The number of benzene rings is 1. The van der Waals surface area contributed by atoms with E-state index in [0.29, 0.717) is 17.0 Å². The molecule has 3 N–H and O–H groups in total. The smallest absolute Gasteiger partial charge is 0.265 e. The molecule has 0 unspecified atom stereocenters. The van der Waals surface area contributed by atoms with Crippen LogP contribution in [0.4, 0.5) is 5.69 Å². The van der Waals surface area contributed by atoms with Crippen LogP contribution in [-0.2, 0) is 0 Å². The molecule has 6 nitrogen and oxygen atoms in total. The molecule has 1 saturated heterocycles. The number of carbonyl (C=O) groups excluding carboxylic acids is 1. The van der Waals surface area contributed by atoms with Gasteiger partial charge in [-0.2, -0.15) is 0 Å². The molecule has 0 spiro atoms. The number of anilines is 1. The van der Waals surface area contributed by atoms with E-state index in [9.17, 15) is 4.79 Å². The summed E-state index contributed by atoms with van der Waals surface area (Å²) in [5, 5.41) is 1.93. The summed E-state index contributed by atoms with van der Waals surface area (Å²) in [7, 11) is 3.62. The summed E-state index contributed by atoms with van der Waals surface area (Å²) in [6.07, 6.45) is 0. The molecule has 1 aliphatic heterocycles. The molecule has 0 aliphatic carbocycles. The van der Waals surface area contributed by atoms with E-state index in [4.69, 9.17) is 10.5 Å². The average Bonchev–Trinajstić information content (AvgIpc) is 2.41. The fourth-order valence-corrected chi connectivity index (χ4v) is 2.00. The molecular formula is C13H20N4O2. The number of piperazine rings is 1. The van der Waals surface area contributed by atoms with Gasteiger partial charge in [-0.05, 0) is 25.2 Å². The number of methoxy groups -OCH3 is 1. The number of hydrazine groups is 1. The molecule has 2 rings (SSSR count). The van der Waals surface area contributed by atoms with Gasteiger partial charge in [0.2, 0.25) is 0 Å². The van der Waals surface area contributed by atoms with Crippen LogP contribution in [-0.4, -0.2) is 56.2 Å². The van der Waals surface area contributed by atoms with E-state index in [1.807, 2.05) is 5.01 Å². The highest BCUT2D eigenvalue weighted by Crippen LogP contribution is 2.21. The summed E-state index contributed by atoms with van der Waals surface area (Å²) in [5.41, 5.74) is 9.69. The summed E-state index contributed by atoms with van der Waals surface area (Å²) in [4.78, 5) is 14.3. The molecule has 0 aromatic heterocycles. The zero-order valence-corrected chi connectivity index (χ0v) is 11.3. The first kappa shape index (κ1) is 13.6. The Morgan fingerprint density at radius 1 is 1.32 bits per heavy atom. The third kappa shape index (κ3) is 3.36. The minimum atomic E-state index is -0.140. The fourth-order valence-electron chi connectivity index (χ4n) is 2.00. The summed E-state index contributed by atoms with van der Waals surface area (Å²) in [5.74, 6) is 0.440. The van der Waals surface area contributed by atoms with Crippen LogP contribution < -0.4 is 15.9 Å². The van der Waals surface area contributed by atoms with Gasteiger partial charge in [0.15, 0.2) is 0 Å². The van der Waals surface area contributed by atoms with Crippen molar-refractivity contribution in [2.45, 2.75) is 0 Å². The maximum absolute atomic E-state index is 12.1. The molecule has 1 aliphatic rings. The van der Waals surface area contributed by atoms with Crippen molar-refractivity contribution in [1.29, 1.82) is 0 Å². The van der Waals surface area contributed by atoms with E-state index in [0.717, 1.165) is 26.2 Å². The number of hydrogen-bond acceptors (Lipinski definition) is 5. The van der Waals surface area contributed by atoms with E-state index in [2.05, 4.69) is 17.4 Å². The molecule has 0 radical (unpaired) electrons. The molecule has 1 heterocycles. The second-order valence-corrected chi connectivity index (χ2v) is 4.69. The Balaban J connectivity index is 1.98. The molecule has 19 heavy (non-hydrogen) atoms. The summed E-state index contributed by atoms with van der Waals surface area (Å²) < 4.78 is 5.07. The molecule has 0 atom stereocenters. The van der Waals surface area contributed by atoms with Gasteiger partial charge >= 0.3 is 0 Å². The number of nitrogens with zero attached hydrogens (tertiary/aromatic N) is 2. The Morgan fingerprint density at radius 3 is 2.58 bits per heavy atom. The predicted molar refractivity (Wildman–Crippen MR) is 73.9 cm³/mol.